The van der Waals surface area contributed by atoms with Gasteiger partial charge in [0, 0.05) is 23.2 Å². The zero-order valence-corrected chi connectivity index (χ0v) is 25.1. The lowest BCUT2D eigenvalue weighted by Crippen LogP contribution is -2.39. The van der Waals surface area contributed by atoms with E-state index >= 15 is 0 Å². The Balaban J connectivity index is 1.90. The summed E-state index contributed by atoms with van der Waals surface area (Å²) in [4.78, 5) is 28.1. The molecule has 1 unspecified atom stereocenters. The monoisotopic (exact) mass is 562 g/mol. The van der Waals surface area contributed by atoms with Gasteiger partial charge in [0.1, 0.15) is 11.3 Å². The van der Waals surface area contributed by atoms with Crippen molar-refractivity contribution in [3.63, 3.8) is 0 Å². The third-order valence-corrected chi connectivity index (χ3v) is 7.90. The minimum absolute atomic E-state index is 0.135. The molecular weight excluding hydrogens is 520 g/mol. The molecular formula is C33H42N2O4S. The van der Waals surface area contributed by atoms with Crippen LogP contribution in [0.4, 0.5) is 5.69 Å². The Labute approximate surface area is 243 Å². The van der Waals surface area contributed by atoms with E-state index in [1.165, 1.54) is 23.3 Å². The molecule has 7 heteroatoms. The second-order valence-corrected chi connectivity index (χ2v) is 11.9. The number of carboxylic acid groups (broad SMARTS) is 1. The van der Waals surface area contributed by atoms with Crippen molar-refractivity contribution in [1.82, 2.24) is 4.31 Å². The van der Waals surface area contributed by atoms with Crippen LogP contribution >= 0.6 is 11.9 Å². The summed E-state index contributed by atoms with van der Waals surface area (Å²) >= 11 is 1.55. The van der Waals surface area contributed by atoms with E-state index in [0.717, 1.165) is 29.7 Å². The molecule has 0 saturated heterocycles. The minimum atomic E-state index is -1.22. The molecule has 0 saturated carbocycles. The highest BCUT2D eigenvalue weighted by atomic mass is 32.2. The fraction of sp³-hybridized carbons (Fsp3) is 0.394. The van der Waals surface area contributed by atoms with Crippen LogP contribution in [0.15, 0.2) is 71.6 Å². The van der Waals surface area contributed by atoms with E-state index in [9.17, 15) is 19.8 Å². The molecule has 0 radical (unpaired) electrons. The van der Waals surface area contributed by atoms with E-state index in [1.807, 2.05) is 6.92 Å². The third kappa shape index (κ3) is 8.86. The molecule has 0 aromatic heterocycles. The molecule has 6 nitrogen and oxygen atoms in total. The number of aromatic carboxylic acids is 1. The highest BCUT2D eigenvalue weighted by molar-refractivity contribution is 7.97. The highest BCUT2D eigenvalue weighted by Crippen LogP contribution is 2.30. The lowest BCUT2D eigenvalue weighted by molar-refractivity contribution is -0.118. The first-order valence-corrected chi connectivity index (χ1v) is 14.8. The summed E-state index contributed by atoms with van der Waals surface area (Å²) in [5, 5.41) is 19.8. The number of nitrogens with zero attached hydrogens (tertiary/aromatic N) is 2. The Morgan fingerprint density at radius 1 is 0.950 bits per heavy atom. The molecule has 0 spiro atoms. The summed E-state index contributed by atoms with van der Waals surface area (Å²) in [5.74, 6) is -0.852. The Bertz CT molecular complexity index is 1260. The van der Waals surface area contributed by atoms with Crippen LogP contribution in [0, 0.1) is 12.8 Å². The van der Waals surface area contributed by atoms with Gasteiger partial charge in [-0.25, -0.2) is 9.10 Å². The molecule has 3 rings (SSSR count). The van der Waals surface area contributed by atoms with Crippen molar-refractivity contribution in [3.8, 4) is 5.75 Å². The van der Waals surface area contributed by atoms with Crippen molar-refractivity contribution in [2.45, 2.75) is 71.2 Å². The smallest absolute Gasteiger partial charge is 0.339 e. The Morgan fingerprint density at radius 3 is 2.17 bits per heavy atom. The van der Waals surface area contributed by atoms with Gasteiger partial charge in [0.15, 0.2) is 0 Å². The first-order valence-electron chi connectivity index (χ1n) is 14.1. The van der Waals surface area contributed by atoms with Crippen LogP contribution in [-0.4, -0.2) is 39.5 Å². The lowest BCUT2D eigenvalue weighted by atomic mass is 9.91. The number of carbonyl (C=O) groups excluding carboxylic acids is 1. The fourth-order valence-electron chi connectivity index (χ4n) is 4.75. The number of carbonyl (C=O) groups is 2. The SMILES string of the molecule is CCCC(CC)c1ccc(CN(C(=O)CN(CC(C)C)Sc2ccc(C)cc2)c2ccc(C(=O)O)c(O)c2)cc1. The number of hydrogen-bond donors (Lipinski definition) is 2. The number of aromatic hydroxyl groups is 1. The van der Waals surface area contributed by atoms with E-state index in [4.69, 9.17) is 0 Å². The molecule has 0 bridgehead atoms. The number of rotatable bonds is 14. The number of hydrogen-bond acceptors (Lipinski definition) is 5. The molecule has 40 heavy (non-hydrogen) atoms. The second kappa shape index (κ2) is 14.9. The maximum atomic E-state index is 13.9. The number of carboxylic acids is 1. The minimum Gasteiger partial charge on any atom is -0.507 e. The van der Waals surface area contributed by atoms with Crippen LogP contribution in [0.2, 0.25) is 0 Å². The molecule has 0 aliphatic heterocycles. The average Bonchev–Trinajstić information content (AvgIpc) is 2.91. The summed E-state index contributed by atoms with van der Waals surface area (Å²) in [6.07, 6.45) is 3.35. The maximum absolute atomic E-state index is 13.9. The van der Waals surface area contributed by atoms with E-state index in [2.05, 4.69) is 80.5 Å². The Hall–Kier alpha value is -3.29. The van der Waals surface area contributed by atoms with Crippen LogP contribution in [0.1, 0.15) is 79.9 Å². The summed E-state index contributed by atoms with van der Waals surface area (Å²) in [6, 6.07) is 20.9. The van der Waals surface area contributed by atoms with Crippen LogP contribution in [0.3, 0.4) is 0 Å². The van der Waals surface area contributed by atoms with Gasteiger partial charge in [-0.05, 0) is 78.9 Å². The Morgan fingerprint density at radius 2 is 1.62 bits per heavy atom. The van der Waals surface area contributed by atoms with Crippen LogP contribution in [-0.2, 0) is 11.3 Å². The van der Waals surface area contributed by atoms with Gasteiger partial charge in [0.05, 0.1) is 13.1 Å². The van der Waals surface area contributed by atoms with Crippen LogP contribution < -0.4 is 4.90 Å². The zero-order chi connectivity index (χ0) is 29.2. The van der Waals surface area contributed by atoms with E-state index in [0.29, 0.717) is 30.6 Å². The molecule has 1 atom stereocenters. The van der Waals surface area contributed by atoms with Crippen molar-refractivity contribution in [1.29, 1.82) is 0 Å². The van der Waals surface area contributed by atoms with Gasteiger partial charge in [-0.2, -0.15) is 0 Å². The van der Waals surface area contributed by atoms with E-state index in [-0.39, 0.29) is 23.8 Å². The van der Waals surface area contributed by atoms with Crippen LogP contribution in [0.5, 0.6) is 5.75 Å². The summed E-state index contributed by atoms with van der Waals surface area (Å²) in [7, 11) is 0. The zero-order valence-electron chi connectivity index (χ0n) is 24.3. The largest absolute Gasteiger partial charge is 0.507 e. The van der Waals surface area contributed by atoms with Gasteiger partial charge in [0.25, 0.3) is 0 Å². The molecule has 0 aliphatic rings. The third-order valence-electron chi connectivity index (χ3n) is 6.88. The van der Waals surface area contributed by atoms with Crippen molar-refractivity contribution < 1.29 is 19.8 Å². The molecule has 3 aromatic carbocycles. The molecule has 1 amide bonds. The number of amides is 1. The normalized spacial score (nSPS) is 12.1. The van der Waals surface area contributed by atoms with Crippen molar-refractivity contribution in [2.75, 3.05) is 18.0 Å². The van der Waals surface area contributed by atoms with Gasteiger partial charge in [0.2, 0.25) is 5.91 Å². The second-order valence-electron chi connectivity index (χ2n) is 10.7. The number of benzene rings is 3. The van der Waals surface area contributed by atoms with E-state index < -0.39 is 5.97 Å². The molecule has 0 aliphatic carbocycles. The molecule has 3 aromatic rings. The first-order chi connectivity index (χ1) is 19.1. The van der Waals surface area contributed by atoms with Crippen LogP contribution in [0.25, 0.3) is 0 Å². The summed E-state index contributed by atoms with van der Waals surface area (Å²) < 4.78 is 2.07. The lowest BCUT2D eigenvalue weighted by Gasteiger charge is -2.28. The first kappa shape index (κ1) is 31.2. The van der Waals surface area contributed by atoms with Gasteiger partial charge < -0.3 is 15.1 Å². The summed E-state index contributed by atoms with van der Waals surface area (Å²) in [5.41, 5.74) is 3.70. The predicted molar refractivity (Wildman–Crippen MR) is 164 cm³/mol. The maximum Gasteiger partial charge on any atom is 0.339 e. The number of phenols is 1. The van der Waals surface area contributed by atoms with Gasteiger partial charge in [-0.3, -0.25) is 4.79 Å². The molecule has 214 valence electrons. The number of anilines is 1. The van der Waals surface area contributed by atoms with Crippen molar-refractivity contribution in [3.05, 3.63) is 89.0 Å². The average molecular weight is 563 g/mol. The number of aryl methyl sites for hydroxylation is 1. The molecule has 2 N–H and O–H groups in total. The van der Waals surface area contributed by atoms with Gasteiger partial charge in [-0.15, -0.1) is 0 Å². The molecule has 0 fully saturated rings. The van der Waals surface area contributed by atoms with Gasteiger partial charge >= 0.3 is 5.97 Å². The summed E-state index contributed by atoms with van der Waals surface area (Å²) in [6.45, 7) is 11.9. The fourth-order valence-corrected chi connectivity index (χ4v) is 5.85. The van der Waals surface area contributed by atoms with E-state index in [1.54, 1.807) is 22.9 Å². The predicted octanol–water partition coefficient (Wildman–Crippen LogP) is 7.89. The quantitative estimate of drug-likeness (QED) is 0.195. The Kier molecular flexibility index (Phi) is 11.6. The topological polar surface area (TPSA) is 81.1 Å². The van der Waals surface area contributed by atoms with Crippen molar-refractivity contribution in [2.24, 2.45) is 5.92 Å². The molecule has 0 heterocycles. The van der Waals surface area contributed by atoms with Crippen molar-refractivity contribution >= 4 is 29.5 Å². The highest BCUT2D eigenvalue weighted by Gasteiger charge is 2.23. The standard InChI is InChI=1S/C33H42N2O4S/c1-6-8-26(7-2)27-13-11-25(12-14-27)21-35(28-15-18-30(33(38)39)31(36)19-28)32(37)22-34(20-23(3)4)40-29-16-9-24(5)10-17-29/h9-19,23,26,36H,6-8,20-22H2,1-5H3,(H,38,39). The van der Waals surface area contributed by atoms with Gasteiger partial charge in [-0.1, -0.05) is 76.1 Å².